The lowest BCUT2D eigenvalue weighted by atomic mass is 10.3. The highest BCUT2D eigenvalue weighted by Crippen LogP contribution is 2.36. The van der Waals surface area contributed by atoms with Crippen molar-refractivity contribution in [2.24, 2.45) is 0 Å². The van der Waals surface area contributed by atoms with E-state index in [4.69, 9.17) is 44.8 Å². The number of hydrogen-bond acceptors (Lipinski definition) is 3. The van der Waals surface area contributed by atoms with Crippen molar-refractivity contribution in [3.8, 4) is 17.6 Å². The number of nitriles is 1. The van der Waals surface area contributed by atoms with E-state index in [1.165, 1.54) is 18.3 Å². The second kappa shape index (κ2) is 5.45. The fourth-order valence-electron chi connectivity index (χ4n) is 1.26. The minimum absolute atomic E-state index is 0.166. The van der Waals surface area contributed by atoms with Crippen LogP contribution in [0.3, 0.4) is 0 Å². The molecule has 6 heteroatoms. The van der Waals surface area contributed by atoms with Crippen molar-refractivity contribution < 1.29 is 4.74 Å². The molecule has 0 bridgehead atoms. The molecular weight excluding hydrogens is 295 g/mol. The quantitative estimate of drug-likeness (QED) is 0.755. The largest absolute Gasteiger partial charge is 0.453 e. The van der Waals surface area contributed by atoms with E-state index in [1.807, 2.05) is 6.07 Å². The first kappa shape index (κ1) is 13.0. The second-order valence-electron chi connectivity index (χ2n) is 3.26. The zero-order chi connectivity index (χ0) is 13.1. The van der Waals surface area contributed by atoms with Gasteiger partial charge in [-0.05, 0) is 18.2 Å². The van der Waals surface area contributed by atoms with E-state index < -0.39 is 0 Å². The van der Waals surface area contributed by atoms with Crippen molar-refractivity contribution in [3.63, 3.8) is 0 Å². The molecular formula is C12H5Cl3N2O. The van der Waals surface area contributed by atoms with Crippen LogP contribution in [0.5, 0.6) is 11.5 Å². The van der Waals surface area contributed by atoms with E-state index in [-0.39, 0.29) is 5.69 Å². The summed E-state index contributed by atoms with van der Waals surface area (Å²) in [6.45, 7) is 0. The van der Waals surface area contributed by atoms with Gasteiger partial charge in [0.05, 0.1) is 15.1 Å². The predicted octanol–water partition coefficient (Wildman–Crippen LogP) is 4.71. The Labute approximate surface area is 118 Å². The summed E-state index contributed by atoms with van der Waals surface area (Å²) in [4.78, 5) is 3.87. The van der Waals surface area contributed by atoms with Crippen LogP contribution in [-0.2, 0) is 0 Å². The first-order chi connectivity index (χ1) is 8.61. The Morgan fingerprint density at radius 3 is 2.50 bits per heavy atom. The highest BCUT2D eigenvalue weighted by molar-refractivity contribution is 6.43. The monoisotopic (exact) mass is 298 g/mol. The standard InChI is InChI=1S/C12H5Cl3N2O/c13-7-4-9(15)12(5-8(7)14)18-11-2-1-3-17-10(11)6-16/h1-5H. The molecule has 0 radical (unpaired) electrons. The number of aromatic nitrogens is 1. The van der Waals surface area contributed by atoms with Crippen LogP contribution in [-0.4, -0.2) is 4.98 Å². The zero-order valence-corrected chi connectivity index (χ0v) is 11.1. The third-order valence-electron chi connectivity index (χ3n) is 2.07. The molecule has 0 aliphatic heterocycles. The zero-order valence-electron chi connectivity index (χ0n) is 8.82. The number of pyridine rings is 1. The average molecular weight is 300 g/mol. The van der Waals surface area contributed by atoms with E-state index in [0.717, 1.165) is 0 Å². The smallest absolute Gasteiger partial charge is 0.183 e. The molecule has 1 heterocycles. The van der Waals surface area contributed by atoms with E-state index in [1.54, 1.807) is 12.1 Å². The van der Waals surface area contributed by atoms with Gasteiger partial charge in [-0.2, -0.15) is 5.26 Å². The lowest BCUT2D eigenvalue weighted by molar-refractivity contribution is 0.478. The number of halogens is 3. The van der Waals surface area contributed by atoms with Crippen LogP contribution in [0, 0.1) is 11.3 Å². The first-order valence-electron chi connectivity index (χ1n) is 4.79. The van der Waals surface area contributed by atoms with Gasteiger partial charge in [0.25, 0.3) is 0 Å². The summed E-state index contributed by atoms with van der Waals surface area (Å²) >= 11 is 17.7. The lowest BCUT2D eigenvalue weighted by Gasteiger charge is -2.09. The summed E-state index contributed by atoms with van der Waals surface area (Å²) in [5, 5.41) is 9.85. The number of nitrogens with zero attached hydrogens (tertiary/aromatic N) is 2. The molecule has 0 saturated heterocycles. The van der Waals surface area contributed by atoms with Gasteiger partial charge < -0.3 is 4.74 Å². The fraction of sp³-hybridized carbons (Fsp3) is 0. The second-order valence-corrected chi connectivity index (χ2v) is 4.48. The molecule has 3 nitrogen and oxygen atoms in total. The number of ether oxygens (including phenoxy) is 1. The average Bonchev–Trinajstić information content (AvgIpc) is 2.36. The van der Waals surface area contributed by atoms with Gasteiger partial charge in [0.15, 0.2) is 11.4 Å². The molecule has 0 fully saturated rings. The van der Waals surface area contributed by atoms with Gasteiger partial charge in [0.2, 0.25) is 0 Å². The third kappa shape index (κ3) is 2.68. The molecule has 0 N–H and O–H groups in total. The van der Waals surface area contributed by atoms with Gasteiger partial charge in [-0.15, -0.1) is 0 Å². The Kier molecular flexibility index (Phi) is 3.93. The van der Waals surface area contributed by atoms with Gasteiger partial charge in [0.1, 0.15) is 11.8 Å². The third-order valence-corrected chi connectivity index (χ3v) is 3.09. The van der Waals surface area contributed by atoms with Crippen LogP contribution in [0.15, 0.2) is 30.5 Å². The fourth-order valence-corrected chi connectivity index (χ4v) is 1.83. The summed E-state index contributed by atoms with van der Waals surface area (Å²) in [5.74, 6) is 0.621. The molecule has 0 spiro atoms. The topological polar surface area (TPSA) is 45.9 Å². The molecule has 18 heavy (non-hydrogen) atoms. The number of hydrogen-bond donors (Lipinski definition) is 0. The Bertz CT molecular complexity index is 638. The number of rotatable bonds is 2. The van der Waals surface area contributed by atoms with Gasteiger partial charge in [0, 0.05) is 12.3 Å². The van der Waals surface area contributed by atoms with Crippen molar-refractivity contribution in [2.45, 2.75) is 0 Å². The Hall–Kier alpha value is -1.47. The lowest BCUT2D eigenvalue weighted by Crippen LogP contribution is -1.91. The Morgan fingerprint density at radius 1 is 1.06 bits per heavy atom. The maximum Gasteiger partial charge on any atom is 0.183 e. The van der Waals surface area contributed by atoms with Crippen molar-refractivity contribution >= 4 is 34.8 Å². The summed E-state index contributed by atoms with van der Waals surface area (Å²) < 4.78 is 5.51. The molecule has 0 saturated carbocycles. The highest BCUT2D eigenvalue weighted by Gasteiger charge is 2.10. The normalized spacial score (nSPS) is 9.89. The molecule has 90 valence electrons. The maximum atomic E-state index is 8.89. The number of benzene rings is 1. The molecule has 1 aromatic heterocycles. The van der Waals surface area contributed by atoms with Crippen molar-refractivity contribution in [2.75, 3.05) is 0 Å². The van der Waals surface area contributed by atoms with Gasteiger partial charge in [-0.3, -0.25) is 0 Å². The maximum absolute atomic E-state index is 8.89. The van der Waals surface area contributed by atoms with E-state index in [0.29, 0.717) is 26.6 Å². The van der Waals surface area contributed by atoms with Crippen LogP contribution in [0.1, 0.15) is 5.69 Å². The van der Waals surface area contributed by atoms with Gasteiger partial charge >= 0.3 is 0 Å². The van der Waals surface area contributed by atoms with E-state index in [9.17, 15) is 0 Å². The molecule has 2 rings (SSSR count). The summed E-state index contributed by atoms with van der Waals surface area (Å²) in [6.07, 6.45) is 1.50. The Balaban J connectivity index is 2.41. The molecule has 0 atom stereocenters. The van der Waals surface area contributed by atoms with Crippen molar-refractivity contribution in [1.82, 2.24) is 4.98 Å². The molecule has 0 unspecified atom stereocenters. The van der Waals surface area contributed by atoms with E-state index >= 15 is 0 Å². The molecule has 2 aromatic rings. The van der Waals surface area contributed by atoms with Crippen molar-refractivity contribution in [3.05, 3.63) is 51.2 Å². The summed E-state index contributed by atoms with van der Waals surface area (Å²) in [5.41, 5.74) is 0.166. The summed E-state index contributed by atoms with van der Waals surface area (Å²) in [6, 6.07) is 8.15. The van der Waals surface area contributed by atoms with Crippen LogP contribution >= 0.6 is 34.8 Å². The Morgan fingerprint density at radius 2 is 1.78 bits per heavy atom. The first-order valence-corrected chi connectivity index (χ1v) is 5.92. The van der Waals surface area contributed by atoms with Crippen LogP contribution in [0.4, 0.5) is 0 Å². The van der Waals surface area contributed by atoms with Crippen molar-refractivity contribution in [1.29, 1.82) is 5.26 Å². The van der Waals surface area contributed by atoms with Gasteiger partial charge in [-0.25, -0.2) is 4.98 Å². The minimum Gasteiger partial charge on any atom is -0.453 e. The molecule has 0 aliphatic rings. The SMILES string of the molecule is N#Cc1ncccc1Oc1cc(Cl)c(Cl)cc1Cl. The van der Waals surface area contributed by atoms with Crippen LogP contribution < -0.4 is 4.74 Å². The highest BCUT2D eigenvalue weighted by atomic mass is 35.5. The van der Waals surface area contributed by atoms with Crippen LogP contribution in [0.2, 0.25) is 15.1 Å². The van der Waals surface area contributed by atoms with Gasteiger partial charge in [-0.1, -0.05) is 34.8 Å². The summed E-state index contributed by atoms with van der Waals surface area (Å²) in [7, 11) is 0. The molecule has 1 aromatic carbocycles. The molecule has 0 aliphatic carbocycles. The minimum atomic E-state index is 0.166. The predicted molar refractivity (Wildman–Crippen MR) is 70.5 cm³/mol. The van der Waals surface area contributed by atoms with Crippen LogP contribution in [0.25, 0.3) is 0 Å². The molecule has 0 amide bonds. The van der Waals surface area contributed by atoms with E-state index in [2.05, 4.69) is 4.98 Å².